The van der Waals surface area contributed by atoms with Crippen LogP contribution < -0.4 is 5.32 Å². The smallest absolute Gasteiger partial charge is 0.225 e. The molecule has 21 heavy (non-hydrogen) atoms. The Morgan fingerprint density at radius 2 is 1.71 bits per heavy atom. The fourth-order valence-corrected chi connectivity index (χ4v) is 2.52. The maximum Gasteiger partial charge on any atom is 0.225 e. The molecule has 0 aliphatic heterocycles. The molecule has 1 amide bonds. The first-order chi connectivity index (χ1) is 9.97. The van der Waals surface area contributed by atoms with Crippen molar-refractivity contribution in [2.75, 3.05) is 0 Å². The molecule has 0 aromatic heterocycles. The summed E-state index contributed by atoms with van der Waals surface area (Å²) in [5.74, 6) is -0.498. The summed E-state index contributed by atoms with van der Waals surface area (Å²) < 4.78 is 12.9. The van der Waals surface area contributed by atoms with Crippen molar-refractivity contribution in [1.82, 2.24) is 5.32 Å². The maximum atomic E-state index is 12.9. The van der Waals surface area contributed by atoms with Crippen LogP contribution in [0.1, 0.15) is 24.1 Å². The number of benzene rings is 2. The molecule has 5 heteroatoms. The van der Waals surface area contributed by atoms with Gasteiger partial charge >= 0.3 is 0 Å². The van der Waals surface area contributed by atoms with E-state index in [0.717, 1.165) is 5.56 Å². The van der Waals surface area contributed by atoms with E-state index in [0.29, 0.717) is 15.6 Å². The van der Waals surface area contributed by atoms with Crippen LogP contribution in [0.4, 0.5) is 4.39 Å². The van der Waals surface area contributed by atoms with Crippen molar-refractivity contribution in [2.45, 2.75) is 19.4 Å². The Hall–Kier alpha value is -1.58. The third kappa shape index (κ3) is 4.19. The second-order valence-electron chi connectivity index (χ2n) is 4.72. The molecule has 2 aromatic rings. The molecule has 0 unspecified atom stereocenters. The molecular weight excluding hydrogens is 312 g/mol. The number of carbonyl (C=O) groups is 1. The third-order valence-corrected chi connectivity index (χ3v) is 3.85. The van der Waals surface area contributed by atoms with Crippen LogP contribution in [0.2, 0.25) is 10.0 Å². The lowest BCUT2D eigenvalue weighted by Crippen LogP contribution is -2.28. The Balaban J connectivity index is 2.03. The van der Waals surface area contributed by atoms with Crippen LogP contribution in [0.5, 0.6) is 0 Å². The van der Waals surface area contributed by atoms with Gasteiger partial charge in [0.2, 0.25) is 5.91 Å². The van der Waals surface area contributed by atoms with E-state index in [1.807, 2.05) is 6.92 Å². The van der Waals surface area contributed by atoms with Gasteiger partial charge in [-0.3, -0.25) is 4.79 Å². The van der Waals surface area contributed by atoms with Gasteiger partial charge in [0.05, 0.1) is 12.5 Å². The van der Waals surface area contributed by atoms with Gasteiger partial charge in [0, 0.05) is 10.0 Å². The van der Waals surface area contributed by atoms with Crippen LogP contribution in [-0.4, -0.2) is 5.91 Å². The van der Waals surface area contributed by atoms with E-state index in [9.17, 15) is 9.18 Å². The molecule has 0 bridgehead atoms. The Bertz CT molecular complexity index is 623. The molecular formula is C16H14Cl2FNO. The van der Waals surface area contributed by atoms with Crippen LogP contribution in [-0.2, 0) is 11.2 Å². The zero-order valence-electron chi connectivity index (χ0n) is 11.4. The molecule has 0 fully saturated rings. The highest BCUT2D eigenvalue weighted by atomic mass is 35.5. The molecule has 0 radical (unpaired) electrons. The number of hydrogen-bond donors (Lipinski definition) is 1. The Morgan fingerprint density at radius 1 is 1.14 bits per heavy atom. The monoisotopic (exact) mass is 325 g/mol. The quantitative estimate of drug-likeness (QED) is 0.877. The molecule has 0 aliphatic carbocycles. The van der Waals surface area contributed by atoms with Gasteiger partial charge in [-0.1, -0.05) is 41.4 Å². The highest BCUT2D eigenvalue weighted by Gasteiger charge is 2.13. The Labute approximate surface area is 132 Å². The van der Waals surface area contributed by atoms with Crippen LogP contribution in [0.15, 0.2) is 42.5 Å². The molecule has 1 N–H and O–H groups in total. The van der Waals surface area contributed by atoms with Crippen molar-refractivity contribution >= 4 is 29.1 Å². The molecule has 2 aromatic carbocycles. The van der Waals surface area contributed by atoms with E-state index in [1.165, 1.54) is 12.1 Å². The summed E-state index contributed by atoms with van der Waals surface area (Å²) in [5, 5.41) is 3.77. The zero-order chi connectivity index (χ0) is 15.4. The van der Waals surface area contributed by atoms with Crippen LogP contribution in [0.25, 0.3) is 0 Å². The fourth-order valence-electron chi connectivity index (χ4n) is 1.99. The molecule has 2 rings (SSSR count). The minimum Gasteiger partial charge on any atom is -0.349 e. The van der Waals surface area contributed by atoms with Crippen molar-refractivity contribution in [1.29, 1.82) is 0 Å². The van der Waals surface area contributed by atoms with Gasteiger partial charge in [0.25, 0.3) is 0 Å². The molecule has 1 atom stereocenters. The van der Waals surface area contributed by atoms with Crippen LogP contribution in [0, 0.1) is 5.82 Å². The molecule has 0 heterocycles. The number of amides is 1. The summed E-state index contributed by atoms with van der Waals surface area (Å²) in [6.07, 6.45) is 0.101. The van der Waals surface area contributed by atoms with Crippen molar-refractivity contribution in [3.63, 3.8) is 0 Å². The minimum absolute atomic E-state index is 0.101. The van der Waals surface area contributed by atoms with Gasteiger partial charge in [0.15, 0.2) is 0 Å². The summed E-state index contributed by atoms with van der Waals surface area (Å²) in [4.78, 5) is 12.1. The van der Waals surface area contributed by atoms with Gasteiger partial charge in [-0.05, 0) is 42.3 Å². The highest BCUT2D eigenvalue weighted by Crippen LogP contribution is 2.25. The van der Waals surface area contributed by atoms with Crippen LogP contribution >= 0.6 is 23.2 Å². The first-order valence-corrected chi connectivity index (χ1v) is 7.20. The van der Waals surface area contributed by atoms with Crippen molar-refractivity contribution in [3.8, 4) is 0 Å². The van der Waals surface area contributed by atoms with Crippen molar-refractivity contribution in [3.05, 3.63) is 69.5 Å². The summed E-state index contributed by atoms with van der Waals surface area (Å²) in [7, 11) is 0. The normalized spacial score (nSPS) is 12.0. The summed E-state index contributed by atoms with van der Waals surface area (Å²) in [5.41, 5.74) is 1.43. The Morgan fingerprint density at radius 3 is 2.29 bits per heavy atom. The highest BCUT2D eigenvalue weighted by molar-refractivity contribution is 6.36. The molecule has 2 nitrogen and oxygen atoms in total. The lowest BCUT2D eigenvalue weighted by Gasteiger charge is -2.15. The molecule has 0 saturated heterocycles. The van der Waals surface area contributed by atoms with E-state index < -0.39 is 0 Å². The lowest BCUT2D eigenvalue weighted by atomic mass is 10.1. The third-order valence-electron chi connectivity index (χ3n) is 3.15. The summed E-state index contributed by atoms with van der Waals surface area (Å²) in [6.45, 7) is 1.83. The fraction of sp³-hybridized carbons (Fsp3) is 0.188. The van der Waals surface area contributed by atoms with E-state index in [2.05, 4.69) is 5.32 Å². The minimum atomic E-state index is -0.305. The topological polar surface area (TPSA) is 29.1 Å². The van der Waals surface area contributed by atoms with Gasteiger partial charge in [-0.25, -0.2) is 4.39 Å². The van der Waals surface area contributed by atoms with E-state index >= 15 is 0 Å². The first-order valence-electron chi connectivity index (χ1n) is 6.45. The SMILES string of the molecule is C[C@@H](NC(=O)Cc1c(Cl)cccc1Cl)c1ccc(F)cc1. The molecule has 0 aliphatic rings. The van der Waals surface area contributed by atoms with Crippen molar-refractivity contribution in [2.24, 2.45) is 0 Å². The number of halogens is 3. The predicted octanol–water partition coefficient (Wildman–Crippen LogP) is 4.55. The largest absolute Gasteiger partial charge is 0.349 e. The second kappa shape index (κ2) is 6.92. The van der Waals surface area contributed by atoms with Gasteiger partial charge in [-0.2, -0.15) is 0 Å². The second-order valence-corrected chi connectivity index (χ2v) is 5.53. The van der Waals surface area contributed by atoms with Crippen LogP contribution in [0.3, 0.4) is 0 Å². The molecule has 0 saturated carbocycles. The first kappa shape index (κ1) is 15.8. The van der Waals surface area contributed by atoms with E-state index in [4.69, 9.17) is 23.2 Å². The summed E-state index contributed by atoms with van der Waals surface area (Å²) in [6, 6.07) is 10.9. The Kier molecular flexibility index (Phi) is 5.21. The number of hydrogen-bond acceptors (Lipinski definition) is 1. The standard InChI is InChI=1S/C16H14Cl2FNO/c1-10(11-5-7-12(19)8-6-11)20-16(21)9-13-14(17)3-2-4-15(13)18/h2-8,10H,9H2,1H3,(H,20,21)/t10-/m1/s1. The number of carbonyl (C=O) groups excluding carboxylic acids is 1. The van der Waals surface area contributed by atoms with Gasteiger partial charge < -0.3 is 5.32 Å². The molecule has 110 valence electrons. The van der Waals surface area contributed by atoms with Gasteiger partial charge in [0.1, 0.15) is 5.82 Å². The lowest BCUT2D eigenvalue weighted by molar-refractivity contribution is -0.121. The predicted molar refractivity (Wildman–Crippen MR) is 83.1 cm³/mol. The average Bonchev–Trinajstić information content (AvgIpc) is 2.43. The number of rotatable bonds is 4. The maximum absolute atomic E-state index is 12.9. The average molecular weight is 326 g/mol. The summed E-state index contributed by atoms with van der Waals surface area (Å²) >= 11 is 12.1. The van der Waals surface area contributed by atoms with Gasteiger partial charge in [-0.15, -0.1) is 0 Å². The van der Waals surface area contributed by atoms with E-state index in [1.54, 1.807) is 30.3 Å². The zero-order valence-corrected chi connectivity index (χ0v) is 12.9. The van der Waals surface area contributed by atoms with Crippen molar-refractivity contribution < 1.29 is 9.18 Å². The number of nitrogens with one attached hydrogen (secondary N) is 1. The molecule has 0 spiro atoms. The van der Waals surface area contributed by atoms with E-state index in [-0.39, 0.29) is 24.2 Å².